The van der Waals surface area contributed by atoms with Crippen LogP contribution in [0.25, 0.3) is 10.9 Å². The number of fused-ring (bicyclic) bond motifs is 1. The summed E-state index contributed by atoms with van der Waals surface area (Å²) in [6, 6.07) is 12.1. The molecule has 0 spiro atoms. The van der Waals surface area contributed by atoms with E-state index < -0.39 is 11.3 Å². The first-order chi connectivity index (χ1) is 12.0. The smallest absolute Gasteiger partial charge is 0.280 e. The lowest BCUT2D eigenvalue weighted by Crippen LogP contribution is -2.26. The van der Waals surface area contributed by atoms with Gasteiger partial charge in [-0.1, -0.05) is 23.7 Å². The standard InChI is InChI=1S/C18H16ClN3O3/c1-22-15-7-6-12(19)9-14(15)17(23)16(21-22)18(24)20-13-5-3-4-11(8-13)10-25-2/h3-9H,10H2,1-2H3,(H,20,24). The highest BCUT2D eigenvalue weighted by molar-refractivity contribution is 6.31. The minimum atomic E-state index is -0.572. The third-order valence-electron chi connectivity index (χ3n) is 3.73. The number of carbonyl (C=O) groups is 1. The van der Waals surface area contributed by atoms with Gasteiger partial charge in [0.1, 0.15) is 0 Å². The van der Waals surface area contributed by atoms with Crippen molar-refractivity contribution >= 4 is 34.1 Å². The van der Waals surface area contributed by atoms with Crippen LogP contribution < -0.4 is 10.7 Å². The molecule has 0 aliphatic rings. The normalized spacial score (nSPS) is 10.8. The average molecular weight is 358 g/mol. The van der Waals surface area contributed by atoms with E-state index in [2.05, 4.69) is 10.4 Å². The summed E-state index contributed by atoms with van der Waals surface area (Å²) in [5.74, 6) is -0.572. The van der Waals surface area contributed by atoms with E-state index in [1.807, 2.05) is 6.07 Å². The third kappa shape index (κ3) is 3.55. The van der Waals surface area contributed by atoms with Crippen LogP contribution in [0.4, 0.5) is 5.69 Å². The number of aromatic nitrogens is 2. The summed E-state index contributed by atoms with van der Waals surface area (Å²) in [7, 11) is 3.27. The molecule has 25 heavy (non-hydrogen) atoms. The van der Waals surface area contributed by atoms with Gasteiger partial charge < -0.3 is 10.1 Å². The monoisotopic (exact) mass is 357 g/mol. The van der Waals surface area contributed by atoms with E-state index in [1.165, 1.54) is 10.7 Å². The number of carbonyl (C=O) groups excluding carboxylic acids is 1. The largest absolute Gasteiger partial charge is 0.380 e. The maximum Gasteiger partial charge on any atom is 0.280 e. The number of methoxy groups -OCH3 is 1. The Morgan fingerprint density at radius 2 is 2.08 bits per heavy atom. The van der Waals surface area contributed by atoms with Crippen molar-refractivity contribution in [2.45, 2.75) is 6.61 Å². The lowest BCUT2D eigenvalue weighted by molar-refractivity contribution is 0.101. The number of ether oxygens (including phenoxy) is 1. The van der Waals surface area contributed by atoms with Crippen LogP contribution in [0.1, 0.15) is 16.1 Å². The van der Waals surface area contributed by atoms with Crippen molar-refractivity contribution in [1.82, 2.24) is 9.78 Å². The molecular formula is C18H16ClN3O3. The van der Waals surface area contributed by atoms with E-state index in [9.17, 15) is 9.59 Å². The highest BCUT2D eigenvalue weighted by Gasteiger charge is 2.17. The molecule has 3 aromatic rings. The van der Waals surface area contributed by atoms with E-state index in [1.54, 1.807) is 44.5 Å². The summed E-state index contributed by atoms with van der Waals surface area (Å²) in [4.78, 5) is 25.2. The summed E-state index contributed by atoms with van der Waals surface area (Å²) >= 11 is 5.97. The molecule has 0 radical (unpaired) electrons. The van der Waals surface area contributed by atoms with E-state index in [-0.39, 0.29) is 5.69 Å². The van der Waals surface area contributed by atoms with Crippen molar-refractivity contribution in [2.24, 2.45) is 7.05 Å². The lowest BCUT2D eigenvalue weighted by Gasteiger charge is -2.09. The second-order valence-electron chi connectivity index (χ2n) is 5.55. The minimum Gasteiger partial charge on any atom is -0.380 e. The van der Waals surface area contributed by atoms with Gasteiger partial charge in [-0.15, -0.1) is 0 Å². The molecule has 0 unspecified atom stereocenters. The molecular weight excluding hydrogens is 342 g/mol. The molecule has 6 nitrogen and oxygen atoms in total. The SMILES string of the molecule is COCc1cccc(NC(=O)c2nn(C)c3ccc(Cl)cc3c2=O)c1. The number of amides is 1. The van der Waals surface area contributed by atoms with Gasteiger partial charge in [-0.2, -0.15) is 5.10 Å². The molecule has 0 saturated heterocycles. The molecule has 7 heteroatoms. The number of hydrogen-bond donors (Lipinski definition) is 1. The van der Waals surface area contributed by atoms with Gasteiger partial charge in [0.15, 0.2) is 5.69 Å². The van der Waals surface area contributed by atoms with Gasteiger partial charge in [0.05, 0.1) is 17.5 Å². The minimum absolute atomic E-state index is 0.186. The van der Waals surface area contributed by atoms with Gasteiger partial charge in [0.25, 0.3) is 5.91 Å². The fraction of sp³-hybridized carbons (Fsp3) is 0.167. The topological polar surface area (TPSA) is 73.2 Å². The highest BCUT2D eigenvalue weighted by atomic mass is 35.5. The molecule has 1 amide bonds. The van der Waals surface area contributed by atoms with Crippen molar-refractivity contribution in [2.75, 3.05) is 12.4 Å². The second-order valence-corrected chi connectivity index (χ2v) is 5.99. The summed E-state index contributed by atoms with van der Waals surface area (Å²) in [6.45, 7) is 0.429. The van der Waals surface area contributed by atoms with Crippen LogP contribution in [0.15, 0.2) is 47.3 Å². The van der Waals surface area contributed by atoms with Crippen molar-refractivity contribution in [3.05, 3.63) is 69.0 Å². The molecule has 1 aromatic heterocycles. The second kappa shape index (κ2) is 7.04. The number of nitrogens with zero attached hydrogens (tertiary/aromatic N) is 2. The quantitative estimate of drug-likeness (QED) is 0.779. The first-order valence-electron chi connectivity index (χ1n) is 7.55. The van der Waals surface area contributed by atoms with Crippen LogP contribution in [0.2, 0.25) is 5.02 Å². The van der Waals surface area contributed by atoms with Crippen molar-refractivity contribution in [1.29, 1.82) is 0 Å². The van der Waals surface area contributed by atoms with Crippen molar-refractivity contribution in [3.8, 4) is 0 Å². The Morgan fingerprint density at radius 3 is 2.84 bits per heavy atom. The highest BCUT2D eigenvalue weighted by Crippen LogP contribution is 2.16. The van der Waals surface area contributed by atoms with Crippen LogP contribution in [0.3, 0.4) is 0 Å². The number of anilines is 1. The Kier molecular flexibility index (Phi) is 4.83. The number of halogens is 1. The maximum absolute atomic E-state index is 12.6. The molecule has 0 saturated carbocycles. The average Bonchev–Trinajstić information content (AvgIpc) is 2.58. The number of benzene rings is 2. The molecule has 0 aliphatic heterocycles. The van der Waals surface area contributed by atoms with E-state index in [4.69, 9.17) is 16.3 Å². The van der Waals surface area contributed by atoms with Gasteiger partial charge in [0.2, 0.25) is 5.43 Å². The molecule has 1 heterocycles. The Bertz CT molecular complexity index is 1010. The summed E-state index contributed by atoms with van der Waals surface area (Å²) < 4.78 is 6.57. The van der Waals surface area contributed by atoms with Crippen LogP contribution >= 0.6 is 11.6 Å². The predicted molar refractivity (Wildman–Crippen MR) is 97.1 cm³/mol. The molecule has 0 atom stereocenters. The zero-order valence-corrected chi connectivity index (χ0v) is 14.5. The number of rotatable bonds is 4. The fourth-order valence-corrected chi connectivity index (χ4v) is 2.77. The Labute approximate surface area is 149 Å². The molecule has 128 valence electrons. The fourth-order valence-electron chi connectivity index (χ4n) is 2.59. The number of hydrogen-bond acceptors (Lipinski definition) is 4. The molecule has 0 bridgehead atoms. The summed E-state index contributed by atoms with van der Waals surface area (Å²) in [5.41, 5.74) is 1.43. The molecule has 0 fully saturated rings. The van der Waals surface area contributed by atoms with Crippen LogP contribution in [-0.2, 0) is 18.4 Å². The number of aryl methyl sites for hydroxylation is 1. The van der Waals surface area contributed by atoms with Crippen LogP contribution in [0, 0.1) is 0 Å². The molecule has 3 rings (SSSR count). The molecule has 1 N–H and O–H groups in total. The Balaban J connectivity index is 1.99. The van der Waals surface area contributed by atoms with Crippen LogP contribution in [-0.4, -0.2) is 22.8 Å². The Morgan fingerprint density at radius 1 is 1.28 bits per heavy atom. The first-order valence-corrected chi connectivity index (χ1v) is 7.93. The lowest BCUT2D eigenvalue weighted by atomic mass is 10.2. The van der Waals surface area contributed by atoms with E-state index in [0.717, 1.165) is 5.56 Å². The third-order valence-corrected chi connectivity index (χ3v) is 3.96. The van der Waals surface area contributed by atoms with E-state index >= 15 is 0 Å². The van der Waals surface area contributed by atoms with Gasteiger partial charge in [-0.3, -0.25) is 14.3 Å². The molecule has 2 aromatic carbocycles. The van der Waals surface area contributed by atoms with Crippen molar-refractivity contribution < 1.29 is 9.53 Å². The zero-order valence-electron chi connectivity index (χ0n) is 13.7. The zero-order chi connectivity index (χ0) is 18.0. The van der Waals surface area contributed by atoms with Gasteiger partial charge >= 0.3 is 0 Å². The predicted octanol–water partition coefficient (Wildman–Crippen LogP) is 2.99. The van der Waals surface area contributed by atoms with Gasteiger partial charge in [-0.25, -0.2) is 0 Å². The van der Waals surface area contributed by atoms with E-state index in [0.29, 0.717) is 28.2 Å². The van der Waals surface area contributed by atoms with Gasteiger partial charge in [-0.05, 0) is 35.9 Å². The summed E-state index contributed by atoms with van der Waals surface area (Å²) in [6.07, 6.45) is 0. The summed E-state index contributed by atoms with van der Waals surface area (Å²) in [5, 5.41) is 7.59. The van der Waals surface area contributed by atoms with Crippen molar-refractivity contribution in [3.63, 3.8) is 0 Å². The van der Waals surface area contributed by atoms with Crippen LogP contribution in [0.5, 0.6) is 0 Å². The molecule has 0 aliphatic carbocycles. The maximum atomic E-state index is 12.6. The Hall–Kier alpha value is -2.70. The first kappa shape index (κ1) is 17.1. The van der Waals surface area contributed by atoms with Gasteiger partial charge in [0, 0.05) is 24.9 Å². The number of nitrogens with one attached hydrogen (secondary N) is 1.